The van der Waals surface area contributed by atoms with Crippen molar-refractivity contribution in [2.24, 2.45) is 16.6 Å². The van der Waals surface area contributed by atoms with Crippen molar-refractivity contribution < 1.29 is 4.79 Å². The van der Waals surface area contributed by atoms with Crippen LogP contribution in [-0.2, 0) is 0 Å². The molecule has 0 radical (unpaired) electrons. The summed E-state index contributed by atoms with van der Waals surface area (Å²) in [5.74, 6) is -0.436. The quantitative estimate of drug-likeness (QED) is 0.716. The van der Waals surface area contributed by atoms with Crippen LogP contribution < -0.4 is 16.8 Å². The third-order valence-electron chi connectivity index (χ3n) is 4.63. The zero-order valence-corrected chi connectivity index (χ0v) is 11.4. The standard InChI is InChI=1S/C14H21N3O/c1-13(2)12(14(13,3)4)17-10-7-8(15)5-6-9(10)11(16)18/h5-7,12,17H,15H2,1-4H3,(H2,16,18). The van der Waals surface area contributed by atoms with Crippen LogP contribution in [0, 0.1) is 10.8 Å². The van der Waals surface area contributed by atoms with E-state index in [0.29, 0.717) is 17.3 Å². The molecular formula is C14H21N3O. The number of hydrogen-bond acceptors (Lipinski definition) is 3. The Balaban J connectivity index is 2.31. The monoisotopic (exact) mass is 247 g/mol. The second-order valence-corrected chi connectivity index (χ2v) is 6.19. The molecule has 1 saturated carbocycles. The summed E-state index contributed by atoms with van der Waals surface area (Å²) in [5, 5.41) is 3.41. The number of hydrogen-bond donors (Lipinski definition) is 3. The van der Waals surface area contributed by atoms with Gasteiger partial charge in [0.2, 0.25) is 0 Å². The van der Waals surface area contributed by atoms with Gasteiger partial charge in [0.05, 0.1) is 5.56 Å². The van der Waals surface area contributed by atoms with Crippen LogP contribution in [0.3, 0.4) is 0 Å². The minimum atomic E-state index is -0.436. The first-order valence-electron chi connectivity index (χ1n) is 6.14. The second-order valence-electron chi connectivity index (χ2n) is 6.19. The average Bonchev–Trinajstić information content (AvgIpc) is 2.60. The Labute approximate surface area is 108 Å². The van der Waals surface area contributed by atoms with Crippen molar-refractivity contribution in [2.75, 3.05) is 11.1 Å². The number of nitrogen functional groups attached to an aromatic ring is 1. The molecule has 4 heteroatoms. The Bertz CT molecular complexity index is 492. The lowest BCUT2D eigenvalue weighted by Gasteiger charge is -2.12. The Kier molecular flexibility index (Phi) is 2.58. The highest BCUT2D eigenvalue weighted by Gasteiger charge is 2.65. The zero-order valence-electron chi connectivity index (χ0n) is 11.4. The Morgan fingerprint density at radius 1 is 1.22 bits per heavy atom. The van der Waals surface area contributed by atoms with E-state index in [1.165, 1.54) is 0 Å². The molecule has 1 fully saturated rings. The maximum absolute atomic E-state index is 11.4. The number of anilines is 2. The molecule has 1 aliphatic carbocycles. The summed E-state index contributed by atoms with van der Waals surface area (Å²) >= 11 is 0. The molecule has 0 aliphatic heterocycles. The van der Waals surface area contributed by atoms with Gasteiger partial charge >= 0.3 is 0 Å². The van der Waals surface area contributed by atoms with E-state index in [9.17, 15) is 4.79 Å². The van der Waals surface area contributed by atoms with Crippen molar-refractivity contribution in [2.45, 2.75) is 33.7 Å². The molecule has 0 bridgehead atoms. The highest BCUT2D eigenvalue weighted by molar-refractivity contribution is 5.99. The van der Waals surface area contributed by atoms with Gasteiger partial charge in [-0.3, -0.25) is 4.79 Å². The highest BCUT2D eigenvalue weighted by Crippen LogP contribution is 2.63. The highest BCUT2D eigenvalue weighted by atomic mass is 16.1. The number of rotatable bonds is 3. The molecule has 5 N–H and O–H groups in total. The van der Waals surface area contributed by atoms with Gasteiger partial charge in [0.25, 0.3) is 5.91 Å². The van der Waals surface area contributed by atoms with Crippen molar-refractivity contribution >= 4 is 17.3 Å². The molecule has 0 saturated heterocycles. The molecule has 0 aromatic heterocycles. The van der Waals surface area contributed by atoms with E-state index in [4.69, 9.17) is 11.5 Å². The van der Waals surface area contributed by atoms with Crippen LogP contribution in [0.1, 0.15) is 38.1 Å². The van der Waals surface area contributed by atoms with Crippen LogP contribution in [0.15, 0.2) is 18.2 Å². The van der Waals surface area contributed by atoms with Crippen molar-refractivity contribution in [1.29, 1.82) is 0 Å². The molecule has 1 aromatic rings. The smallest absolute Gasteiger partial charge is 0.250 e. The molecule has 0 heterocycles. The lowest BCUT2D eigenvalue weighted by Crippen LogP contribution is -2.17. The van der Waals surface area contributed by atoms with E-state index in [1.54, 1.807) is 18.2 Å². The number of amides is 1. The summed E-state index contributed by atoms with van der Waals surface area (Å²) in [5.41, 5.74) is 13.4. The number of benzene rings is 1. The van der Waals surface area contributed by atoms with Crippen molar-refractivity contribution in [1.82, 2.24) is 0 Å². The van der Waals surface area contributed by atoms with Crippen LogP contribution in [0.4, 0.5) is 11.4 Å². The van der Waals surface area contributed by atoms with E-state index >= 15 is 0 Å². The predicted molar refractivity (Wildman–Crippen MR) is 74.3 cm³/mol. The molecular weight excluding hydrogens is 226 g/mol. The molecule has 1 aliphatic rings. The fourth-order valence-electron chi connectivity index (χ4n) is 2.61. The minimum absolute atomic E-state index is 0.187. The normalized spacial score (nSPS) is 20.4. The summed E-state index contributed by atoms with van der Waals surface area (Å²) in [6.07, 6.45) is 0. The molecule has 98 valence electrons. The van der Waals surface area contributed by atoms with Gasteiger partial charge < -0.3 is 16.8 Å². The fraction of sp³-hybridized carbons (Fsp3) is 0.500. The topological polar surface area (TPSA) is 81.1 Å². The molecule has 0 atom stereocenters. The van der Waals surface area contributed by atoms with Crippen molar-refractivity contribution in [3.63, 3.8) is 0 Å². The Hall–Kier alpha value is -1.71. The van der Waals surface area contributed by atoms with E-state index in [2.05, 4.69) is 33.0 Å². The van der Waals surface area contributed by atoms with Gasteiger partial charge in [-0.1, -0.05) is 27.7 Å². The number of carbonyl (C=O) groups is 1. The van der Waals surface area contributed by atoms with Gasteiger partial charge in [0, 0.05) is 17.4 Å². The van der Waals surface area contributed by atoms with Gasteiger partial charge in [-0.2, -0.15) is 0 Å². The van der Waals surface area contributed by atoms with Gasteiger partial charge in [-0.15, -0.1) is 0 Å². The average molecular weight is 247 g/mol. The van der Waals surface area contributed by atoms with Gasteiger partial charge in [-0.25, -0.2) is 0 Å². The van der Waals surface area contributed by atoms with Crippen molar-refractivity contribution in [3.05, 3.63) is 23.8 Å². The van der Waals surface area contributed by atoms with E-state index in [1.807, 2.05) is 0 Å². The molecule has 4 nitrogen and oxygen atoms in total. The third-order valence-corrected chi connectivity index (χ3v) is 4.63. The number of nitrogens with one attached hydrogen (secondary N) is 1. The summed E-state index contributed by atoms with van der Waals surface area (Å²) in [6.45, 7) is 8.84. The zero-order chi connectivity index (χ0) is 13.7. The van der Waals surface area contributed by atoms with Crippen LogP contribution >= 0.6 is 0 Å². The summed E-state index contributed by atoms with van der Waals surface area (Å²) in [6, 6.07) is 5.44. The number of carbonyl (C=O) groups excluding carboxylic acids is 1. The van der Waals surface area contributed by atoms with Crippen LogP contribution in [0.25, 0.3) is 0 Å². The molecule has 0 spiro atoms. The van der Waals surface area contributed by atoms with Crippen LogP contribution in [-0.4, -0.2) is 11.9 Å². The van der Waals surface area contributed by atoms with E-state index in [0.717, 1.165) is 5.69 Å². The lowest BCUT2D eigenvalue weighted by atomic mass is 10.0. The van der Waals surface area contributed by atoms with Gasteiger partial charge in [0.15, 0.2) is 0 Å². The molecule has 1 aromatic carbocycles. The first-order chi connectivity index (χ1) is 8.18. The number of primary amides is 1. The van der Waals surface area contributed by atoms with Crippen molar-refractivity contribution in [3.8, 4) is 0 Å². The Morgan fingerprint density at radius 2 is 1.78 bits per heavy atom. The van der Waals surface area contributed by atoms with Gasteiger partial charge in [-0.05, 0) is 29.0 Å². The first kappa shape index (κ1) is 12.7. The molecule has 1 amide bonds. The van der Waals surface area contributed by atoms with E-state index < -0.39 is 5.91 Å². The predicted octanol–water partition coefficient (Wildman–Crippen LogP) is 2.21. The van der Waals surface area contributed by atoms with Gasteiger partial charge in [0.1, 0.15) is 0 Å². The fourth-order valence-corrected chi connectivity index (χ4v) is 2.61. The molecule has 2 rings (SSSR count). The maximum Gasteiger partial charge on any atom is 0.250 e. The summed E-state index contributed by atoms with van der Waals surface area (Å²) < 4.78 is 0. The number of nitrogens with two attached hydrogens (primary N) is 2. The summed E-state index contributed by atoms with van der Waals surface area (Å²) in [7, 11) is 0. The Morgan fingerprint density at radius 3 is 2.22 bits per heavy atom. The van der Waals surface area contributed by atoms with Crippen LogP contribution in [0.5, 0.6) is 0 Å². The second kappa shape index (κ2) is 3.64. The molecule has 0 unspecified atom stereocenters. The SMILES string of the molecule is CC1(C)C(Nc2cc(N)ccc2C(N)=O)C1(C)C. The van der Waals surface area contributed by atoms with E-state index in [-0.39, 0.29) is 10.8 Å². The molecule has 18 heavy (non-hydrogen) atoms. The third kappa shape index (κ3) is 1.72. The maximum atomic E-state index is 11.4. The lowest BCUT2D eigenvalue weighted by molar-refractivity contribution is 0.100. The largest absolute Gasteiger partial charge is 0.399 e. The minimum Gasteiger partial charge on any atom is -0.399 e. The van der Waals surface area contributed by atoms with Crippen LogP contribution in [0.2, 0.25) is 0 Å². The summed E-state index contributed by atoms with van der Waals surface area (Å²) in [4.78, 5) is 11.4. The first-order valence-corrected chi connectivity index (χ1v) is 6.14.